The minimum atomic E-state index is 0.824. The maximum atomic E-state index is 5.81. The van der Waals surface area contributed by atoms with Gasteiger partial charge < -0.3 is 11.5 Å². The highest BCUT2D eigenvalue weighted by Crippen LogP contribution is 2.20. The van der Waals surface area contributed by atoms with E-state index in [0.29, 0.717) is 0 Å². The summed E-state index contributed by atoms with van der Waals surface area (Å²) < 4.78 is 0. The summed E-state index contributed by atoms with van der Waals surface area (Å²) in [4.78, 5) is 0. The molecule has 0 amide bonds. The van der Waals surface area contributed by atoms with Crippen LogP contribution in [0, 0.1) is 13.8 Å². The standard InChI is InChI=1S/C35H42N2/c1-26-22-30(24-28-12-18-34(36)19-13-28)10-16-32(26)8-6-4-3-5-7-9-33-17-11-31(23-27(33)2)25-29-14-20-35(37)21-15-29/h10-23H,3-9,24-25,36-37H2,1-2H3. The Bertz CT molecular complexity index is 1170. The molecule has 4 aromatic carbocycles. The van der Waals surface area contributed by atoms with E-state index < -0.39 is 0 Å². The molecule has 0 aliphatic rings. The minimum absolute atomic E-state index is 0.824. The molecule has 0 unspecified atom stereocenters. The SMILES string of the molecule is Cc1cc(Cc2ccc(N)cc2)ccc1CCCCCCCc1ccc(Cc2ccc(N)cc2)cc1C. The molecule has 0 fully saturated rings. The van der Waals surface area contributed by atoms with Gasteiger partial charge in [0.05, 0.1) is 0 Å². The first-order valence-electron chi connectivity index (χ1n) is 13.8. The van der Waals surface area contributed by atoms with Crippen LogP contribution in [-0.4, -0.2) is 0 Å². The maximum Gasteiger partial charge on any atom is 0.0314 e. The zero-order chi connectivity index (χ0) is 26.0. The summed E-state index contributed by atoms with van der Waals surface area (Å²) in [5, 5.41) is 0. The lowest BCUT2D eigenvalue weighted by Crippen LogP contribution is -1.96. The zero-order valence-corrected chi connectivity index (χ0v) is 22.6. The van der Waals surface area contributed by atoms with E-state index in [1.54, 1.807) is 0 Å². The molecule has 0 spiro atoms. The van der Waals surface area contributed by atoms with Crippen LogP contribution in [0.25, 0.3) is 0 Å². The summed E-state index contributed by atoms with van der Waals surface area (Å²) in [5.41, 5.74) is 24.5. The summed E-state index contributed by atoms with van der Waals surface area (Å²) in [6.07, 6.45) is 10.8. The van der Waals surface area contributed by atoms with Gasteiger partial charge >= 0.3 is 0 Å². The van der Waals surface area contributed by atoms with Gasteiger partial charge in [0.2, 0.25) is 0 Å². The molecule has 0 atom stereocenters. The Morgan fingerprint density at radius 3 is 1.16 bits per heavy atom. The summed E-state index contributed by atoms with van der Waals surface area (Å²) >= 11 is 0. The second-order valence-electron chi connectivity index (χ2n) is 10.6. The van der Waals surface area contributed by atoms with Crippen LogP contribution < -0.4 is 11.5 Å². The van der Waals surface area contributed by atoms with Gasteiger partial charge in [-0.25, -0.2) is 0 Å². The Morgan fingerprint density at radius 2 is 0.784 bits per heavy atom. The maximum absolute atomic E-state index is 5.81. The first-order valence-corrected chi connectivity index (χ1v) is 13.8. The van der Waals surface area contributed by atoms with Crippen LogP contribution in [0.3, 0.4) is 0 Å². The van der Waals surface area contributed by atoms with Gasteiger partial charge in [0.25, 0.3) is 0 Å². The lowest BCUT2D eigenvalue weighted by atomic mass is 9.95. The van der Waals surface area contributed by atoms with Gasteiger partial charge in [-0.2, -0.15) is 0 Å². The van der Waals surface area contributed by atoms with Crippen molar-refractivity contribution in [1.82, 2.24) is 0 Å². The van der Waals surface area contributed by atoms with Crippen molar-refractivity contribution >= 4 is 11.4 Å². The fraction of sp³-hybridized carbons (Fsp3) is 0.314. The summed E-state index contributed by atoms with van der Waals surface area (Å²) in [6, 6.07) is 30.4. The average molecular weight is 491 g/mol. The number of aryl methyl sites for hydroxylation is 4. The van der Waals surface area contributed by atoms with Crippen molar-refractivity contribution in [3.05, 3.63) is 129 Å². The summed E-state index contributed by atoms with van der Waals surface area (Å²) in [5.74, 6) is 0. The largest absolute Gasteiger partial charge is 0.399 e. The van der Waals surface area contributed by atoms with Gasteiger partial charge in [0.15, 0.2) is 0 Å². The van der Waals surface area contributed by atoms with Crippen molar-refractivity contribution in [2.24, 2.45) is 0 Å². The Hall–Kier alpha value is -3.52. The fourth-order valence-electron chi connectivity index (χ4n) is 5.20. The van der Waals surface area contributed by atoms with E-state index in [1.807, 2.05) is 24.3 Å². The third-order valence-electron chi connectivity index (χ3n) is 7.48. The van der Waals surface area contributed by atoms with Crippen LogP contribution in [0.1, 0.15) is 76.6 Å². The van der Waals surface area contributed by atoms with Crippen molar-refractivity contribution < 1.29 is 0 Å². The molecular formula is C35H42N2. The van der Waals surface area contributed by atoms with Gasteiger partial charge in [-0.3, -0.25) is 0 Å². The molecule has 4 rings (SSSR count). The van der Waals surface area contributed by atoms with E-state index >= 15 is 0 Å². The monoisotopic (exact) mass is 490 g/mol. The first kappa shape index (κ1) is 26.5. The quantitative estimate of drug-likeness (QED) is 0.155. The number of anilines is 2. The van der Waals surface area contributed by atoms with Crippen LogP contribution in [0.5, 0.6) is 0 Å². The van der Waals surface area contributed by atoms with Gasteiger partial charge in [-0.1, -0.05) is 79.9 Å². The number of hydrogen-bond donors (Lipinski definition) is 2. The van der Waals surface area contributed by atoms with Crippen molar-refractivity contribution in [2.75, 3.05) is 11.5 Å². The minimum Gasteiger partial charge on any atom is -0.399 e. The molecule has 0 saturated heterocycles. The van der Waals surface area contributed by atoms with E-state index in [1.165, 1.54) is 89.5 Å². The van der Waals surface area contributed by atoms with E-state index in [-0.39, 0.29) is 0 Å². The van der Waals surface area contributed by atoms with E-state index in [9.17, 15) is 0 Å². The molecule has 4 aromatic rings. The highest BCUT2D eigenvalue weighted by Gasteiger charge is 2.04. The van der Waals surface area contributed by atoms with Crippen molar-refractivity contribution in [3.63, 3.8) is 0 Å². The Kier molecular flexibility index (Phi) is 9.43. The molecule has 0 aromatic heterocycles. The lowest BCUT2D eigenvalue weighted by Gasteiger charge is -2.10. The van der Waals surface area contributed by atoms with E-state index in [0.717, 1.165) is 24.2 Å². The smallest absolute Gasteiger partial charge is 0.0314 e. The summed E-state index contributed by atoms with van der Waals surface area (Å²) in [7, 11) is 0. The molecule has 0 aliphatic carbocycles. The molecule has 0 saturated carbocycles. The molecule has 0 heterocycles. The zero-order valence-electron chi connectivity index (χ0n) is 22.6. The Labute approximate surface area is 223 Å². The first-order chi connectivity index (χ1) is 18.0. The molecule has 0 radical (unpaired) electrons. The van der Waals surface area contributed by atoms with Gasteiger partial charge in [0, 0.05) is 11.4 Å². The lowest BCUT2D eigenvalue weighted by molar-refractivity contribution is 0.612. The van der Waals surface area contributed by atoms with Gasteiger partial charge in [-0.05, 0) is 121 Å². The number of rotatable bonds is 12. The van der Waals surface area contributed by atoms with Crippen molar-refractivity contribution in [2.45, 2.75) is 71.6 Å². The third kappa shape index (κ3) is 8.25. The molecule has 4 N–H and O–H groups in total. The number of nitrogens with two attached hydrogens (primary N) is 2. The Balaban J connectivity index is 1.14. The van der Waals surface area contributed by atoms with E-state index in [2.05, 4.69) is 74.5 Å². The molecular weight excluding hydrogens is 448 g/mol. The highest BCUT2D eigenvalue weighted by molar-refractivity contribution is 5.42. The molecule has 192 valence electrons. The molecule has 37 heavy (non-hydrogen) atoms. The predicted octanol–water partition coefficient (Wildman–Crippen LogP) is 8.39. The predicted molar refractivity (Wildman–Crippen MR) is 160 cm³/mol. The van der Waals surface area contributed by atoms with Crippen molar-refractivity contribution in [3.8, 4) is 0 Å². The normalized spacial score (nSPS) is 11.1. The van der Waals surface area contributed by atoms with Crippen molar-refractivity contribution in [1.29, 1.82) is 0 Å². The molecule has 2 nitrogen and oxygen atoms in total. The van der Waals surface area contributed by atoms with Crippen LogP contribution in [0.15, 0.2) is 84.9 Å². The molecule has 0 bridgehead atoms. The highest BCUT2D eigenvalue weighted by atomic mass is 14.5. The van der Waals surface area contributed by atoms with Crippen LogP contribution in [-0.2, 0) is 25.7 Å². The van der Waals surface area contributed by atoms with Crippen LogP contribution in [0.4, 0.5) is 11.4 Å². The van der Waals surface area contributed by atoms with Gasteiger partial charge in [0.1, 0.15) is 0 Å². The fourth-order valence-corrected chi connectivity index (χ4v) is 5.20. The molecule has 2 heteroatoms. The van der Waals surface area contributed by atoms with Crippen LogP contribution >= 0.6 is 0 Å². The second kappa shape index (κ2) is 13.1. The van der Waals surface area contributed by atoms with Crippen LogP contribution in [0.2, 0.25) is 0 Å². The number of nitrogen functional groups attached to an aromatic ring is 2. The number of unbranched alkanes of at least 4 members (excludes halogenated alkanes) is 4. The number of benzene rings is 4. The van der Waals surface area contributed by atoms with Gasteiger partial charge in [-0.15, -0.1) is 0 Å². The van der Waals surface area contributed by atoms with E-state index in [4.69, 9.17) is 11.5 Å². The summed E-state index contributed by atoms with van der Waals surface area (Å²) in [6.45, 7) is 4.51. The third-order valence-corrected chi connectivity index (χ3v) is 7.48. The topological polar surface area (TPSA) is 52.0 Å². The molecule has 0 aliphatic heterocycles. The second-order valence-corrected chi connectivity index (χ2v) is 10.6. The Morgan fingerprint density at radius 1 is 0.432 bits per heavy atom. The number of hydrogen-bond acceptors (Lipinski definition) is 2. The average Bonchev–Trinajstić information content (AvgIpc) is 2.88.